The molecule has 0 aliphatic carbocycles. The van der Waals surface area contributed by atoms with Crippen molar-refractivity contribution in [3.63, 3.8) is 0 Å². The van der Waals surface area contributed by atoms with Crippen LogP contribution in [0.3, 0.4) is 0 Å². The van der Waals surface area contributed by atoms with Gasteiger partial charge in [-0.2, -0.15) is 8.42 Å². The quantitative estimate of drug-likeness (QED) is 0.362. The van der Waals surface area contributed by atoms with Gasteiger partial charge in [0, 0.05) is 18.2 Å². The lowest BCUT2D eigenvalue weighted by Gasteiger charge is -2.29. The summed E-state index contributed by atoms with van der Waals surface area (Å²) in [5.74, 6) is 0.224. The van der Waals surface area contributed by atoms with Crippen molar-refractivity contribution in [3.05, 3.63) is 65.2 Å². The molecule has 2 aromatic carbocycles. The lowest BCUT2D eigenvalue weighted by atomic mass is 10.0. The first-order valence-corrected chi connectivity index (χ1v) is 12.4. The van der Waals surface area contributed by atoms with E-state index < -0.39 is 10.1 Å². The van der Waals surface area contributed by atoms with Gasteiger partial charge in [0.1, 0.15) is 5.75 Å². The maximum atomic E-state index is 13.2. The molecule has 0 heterocycles. The first-order chi connectivity index (χ1) is 14.2. The molecule has 2 aromatic rings. The van der Waals surface area contributed by atoms with Crippen LogP contribution in [0.5, 0.6) is 5.75 Å². The van der Waals surface area contributed by atoms with E-state index in [9.17, 15) is 13.2 Å². The maximum absolute atomic E-state index is 13.2. The van der Waals surface area contributed by atoms with Gasteiger partial charge < -0.3 is 9.08 Å². The summed E-state index contributed by atoms with van der Waals surface area (Å²) in [6.45, 7) is 6.64. The molecule has 5 nitrogen and oxygen atoms in total. The number of hydrogen-bond acceptors (Lipinski definition) is 4. The van der Waals surface area contributed by atoms with Gasteiger partial charge in [-0.3, -0.25) is 4.79 Å². The van der Waals surface area contributed by atoms with Crippen molar-refractivity contribution in [1.29, 1.82) is 0 Å². The molecule has 0 aromatic heterocycles. The molecular formula is C24H33NO4S. The number of carbonyl (C=O) groups is 1. The van der Waals surface area contributed by atoms with Gasteiger partial charge in [0.25, 0.3) is 5.91 Å². The predicted molar refractivity (Wildman–Crippen MR) is 121 cm³/mol. The molecule has 0 saturated heterocycles. The number of aryl methyl sites for hydroxylation is 1. The van der Waals surface area contributed by atoms with Crippen LogP contribution in [-0.2, 0) is 23.1 Å². The Labute approximate surface area is 181 Å². The van der Waals surface area contributed by atoms with Crippen LogP contribution in [0.2, 0.25) is 0 Å². The van der Waals surface area contributed by atoms with Gasteiger partial charge in [0.15, 0.2) is 0 Å². The predicted octanol–water partition coefficient (Wildman–Crippen LogP) is 5.20. The minimum absolute atomic E-state index is 0.0288. The second-order valence-corrected chi connectivity index (χ2v) is 9.35. The Hall–Kier alpha value is -2.34. The molecule has 30 heavy (non-hydrogen) atoms. The Bertz CT molecular complexity index is 922. The zero-order valence-electron chi connectivity index (χ0n) is 18.4. The lowest BCUT2D eigenvalue weighted by Crippen LogP contribution is -2.37. The Kier molecular flexibility index (Phi) is 8.90. The summed E-state index contributed by atoms with van der Waals surface area (Å²) in [7, 11) is -3.60. The average Bonchev–Trinajstić information content (AvgIpc) is 2.71. The zero-order valence-corrected chi connectivity index (χ0v) is 19.2. The van der Waals surface area contributed by atoms with E-state index in [-0.39, 0.29) is 17.7 Å². The Balaban J connectivity index is 2.17. The molecule has 1 atom stereocenters. The van der Waals surface area contributed by atoms with Crippen molar-refractivity contribution in [3.8, 4) is 5.75 Å². The highest BCUT2D eigenvalue weighted by Crippen LogP contribution is 2.20. The van der Waals surface area contributed by atoms with Crippen LogP contribution in [0, 0.1) is 0 Å². The lowest BCUT2D eigenvalue weighted by molar-refractivity contribution is 0.0671. The summed E-state index contributed by atoms with van der Waals surface area (Å²) in [5.41, 5.74) is 2.74. The maximum Gasteiger partial charge on any atom is 0.306 e. The molecule has 164 valence electrons. The zero-order chi connectivity index (χ0) is 22.1. The van der Waals surface area contributed by atoms with Crippen LogP contribution >= 0.6 is 0 Å². The van der Waals surface area contributed by atoms with Gasteiger partial charge in [-0.1, -0.05) is 51.0 Å². The largest absolute Gasteiger partial charge is 0.383 e. The average molecular weight is 432 g/mol. The molecule has 0 fully saturated rings. The summed E-state index contributed by atoms with van der Waals surface area (Å²) in [6, 6.07) is 14.8. The highest BCUT2D eigenvalue weighted by atomic mass is 32.2. The van der Waals surface area contributed by atoms with Crippen molar-refractivity contribution < 1.29 is 17.4 Å². The van der Waals surface area contributed by atoms with E-state index in [1.165, 1.54) is 18.4 Å². The third kappa shape index (κ3) is 7.48. The molecule has 0 radical (unpaired) electrons. The van der Waals surface area contributed by atoms with Crippen LogP contribution in [0.4, 0.5) is 0 Å². The summed E-state index contributed by atoms with van der Waals surface area (Å²) in [4.78, 5) is 15.1. The van der Waals surface area contributed by atoms with Gasteiger partial charge in [0.2, 0.25) is 0 Å². The molecule has 1 amide bonds. The topological polar surface area (TPSA) is 63.7 Å². The van der Waals surface area contributed by atoms with Crippen molar-refractivity contribution in [2.75, 3.05) is 6.26 Å². The van der Waals surface area contributed by atoms with Crippen LogP contribution in [0.25, 0.3) is 0 Å². The van der Waals surface area contributed by atoms with Crippen LogP contribution < -0.4 is 4.18 Å². The fourth-order valence-electron chi connectivity index (χ4n) is 3.27. The molecule has 0 saturated carbocycles. The Morgan fingerprint density at radius 3 is 2.33 bits per heavy atom. The number of unbranched alkanes of at least 4 members (excludes halogenated alkanes) is 2. The summed E-state index contributed by atoms with van der Waals surface area (Å²) < 4.78 is 27.8. The molecule has 6 heteroatoms. The molecule has 1 unspecified atom stereocenters. The molecule has 0 N–H and O–H groups in total. The second-order valence-electron chi connectivity index (χ2n) is 7.78. The number of rotatable bonds is 11. The SMILES string of the molecule is CCCCCc1ccc(C(=O)N(Cc2cccc(OS(C)(=O)=O)c2)C(C)CC)cc1. The van der Waals surface area contributed by atoms with E-state index in [1.54, 1.807) is 18.2 Å². The summed E-state index contributed by atoms with van der Waals surface area (Å²) in [6.07, 6.45) is 6.43. The van der Waals surface area contributed by atoms with Gasteiger partial charge in [-0.15, -0.1) is 0 Å². The molecule has 0 aliphatic heterocycles. The Morgan fingerprint density at radius 2 is 1.73 bits per heavy atom. The molecule has 0 aliphatic rings. The fraction of sp³-hybridized carbons (Fsp3) is 0.458. The number of carbonyl (C=O) groups excluding carboxylic acids is 1. The first kappa shape index (κ1) is 23.9. The van der Waals surface area contributed by atoms with Gasteiger partial charge in [-0.25, -0.2) is 0 Å². The highest BCUT2D eigenvalue weighted by molar-refractivity contribution is 7.86. The normalized spacial score (nSPS) is 12.4. The molecule has 2 rings (SSSR count). The van der Waals surface area contributed by atoms with E-state index in [4.69, 9.17) is 4.18 Å². The first-order valence-electron chi connectivity index (χ1n) is 10.6. The van der Waals surface area contributed by atoms with Gasteiger partial charge >= 0.3 is 10.1 Å². The summed E-state index contributed by atoms with van der Waals surface area (Å²) >= 11 is 0. The van der Waals surface area contributed by atoms with Gasteiger partial charge in [-0.05, 0) is 61.6 Å². The minimum atomic E-state index is -3.60. The molecule has 0 spiro atoms. The number of benzene rings is 2. The van der Waals surface area contributed by atoms with Crippen LogP contribution in [0.15, 0.2) is 48.5 Å². The van der Waals surface area contributed by atoms with Crippen molar-refractivity contribution in [2.24, 2.45) is 0 Å². The number of nitrogens with zero attached hydrogens (tertiary/aromatic N) is 1. The smallest absolute Gasteiger partial charge is 0.306 e. The fourth-order valence-corrected chi connectivity index (χ4v) is 3.73. The third-order valence-electron chi connectivity index (χ3n) is 5.15. The number of hydrogen-bond donors (Lipinski definition) is 0. The molecule has 0 bridgehead atoms. The number of amides is 1. The minimum Gasteiger partial charge on any atom is -0.383 e. The van der Waals surface area contributed by atoms with Gasteiger partial charge in [0.05, 0.1) is 6.26 Å². The van der Waals surface area contributed by atoms with E-state index in [0.29, 0.717) is 12.1 Å². The van der Waals surface area contributed by atoms with E-state index in [0.717, 1.165) is 31.1 Å². The van der Waals surface area contributed by atoms with Crippen molar-refractivity contribution in [1.82, 2.24) is 4.90 Å². The third-order valence-corrected chi connectivity index (χ3v) is 5.65. The highest BCUT2D eigenvalue weighted by Gasteiger charge is 2.21. The molecular weight excluding hydrogens is 398 g/mol. The standard InChI is InChI=1S/C24H33NO4S/c1-5-7-8-10-20-13-15-22(16-14-20)24(26)25(19(3)6-2)18-21-11-9-12-23(17-21)29-30(4,27)28/h9,11-17,19H,5-8,10,18H2,1-4H3. The van der Waals surface area contributed by atoms with Crippen molar-refractivity contribution >= 4 is 16.0 Å². The van der Waals surface area contributed by atoms with E-state index in [1.807, 2.05) is 49.1 Å². The van der Waals surface area contributed by atoms with E-state index >= 15 is 0 Å². The van der Waals surface area contributed by atoms with Crippen molar-refractivity contribution in [2.45, 2.75) is 65.5 Å². The second kappa shape index (κ2) is 11.2. The van der Waals surface area contributed by atoms with Crippen LogP contribution in [-0.4, -0.2) is 31.5 Å². The van der Waals surface area contributed by atoms with Crippen LogP contribution in [0.1, 0.15) is 67.9 Å². The monoisotopic (exact) mass is 431 g/mol. The van der Waals surface area contributed by atoms with E-state index in [2.05, 4.69) is 6.92 Å². The Morgan fingerprint density at radius 1 is 1.03 bits per heavy atom. The summed E-state index contributed by atoms with van der Waals surface area (Å²) in [5, 5.41) is 0.